The molecule has 0 N–H and O–H groups in total. The summed E-state index contributed by atoms with van der Waals surface area (Å²) >= 11 is 0. The van der Waals surface area contributed by atoms with E-state index < -0.39 is 0 Å². The Labute approximate surface area is 140 Å². The third kappa shape index (κ3) is 3.88. The summed E-state index contributed by atoms with van der Waals surface area (Å²) in [6.45, 7) is 4.94. The van der Waals surface area contributed by atoms with Crippen LogP contribution in [0, 0.1) is 19.7 Å². The Morgan fingerprint density at radius 3 is 2.54 bits per heavy atom. The van der Waals surface area contributed by atoms with Gasteiger partial charge >= 0.3 is 6.01 Å². The van der Waals surface area contributed by atoms with E-state index >= 15 is 0 Å². The molecule has 0 aliphatic carbocycles. The molecule has 0 saturated carbocycles. The molecule has 0 radical (unpaired) electrons. The van der Waals surface area contributed by atoms with Gasteiger partial charge in [0.1, 0.15) is 11.9 Å². The van der Waals surface area contributed by atoms with Crippen LogP contribution in [-0.2, 0) is 0 Å². The SMILES string of the molecule is Cc1cc(C)nc(OC2CCCN(C(=O)c3ccc(F)cc3)C2)n1. The lowest BCUT2D eigenvalue weighted by atomic mass is 10.1. The second kappa shape index (κ2) is 6.95. The van der Waals surface area contributed by atoms with Crippen molar-refractivity contribution in [2.24, 2.45) is 0 Å². The van der Waals surface area contributed by atoms with E-state index in [9.17, 15) is 9.18 Å². The molecule has 126 valence electrons. The Kier molecular flexibility index (Phi) is 4.74. The van der Waals surface area contributed by atoms with Gasteiger partial charge in [0.2, 0.25) is 0 Å². The summed E-state index contributed by atoms with van der Waals surface area (Å²) in [4.78, 5) is 22.8. The largest absolute Gasteiger partial charge is 0.458 e. The number of likely N-dealkylation sites (tertiary alicyclic amines) is 1. The predicted octanol–water partition coefficient (Wildman–Crippen LogP) is 2.92. The van der Waals surface area contributed by atoms with E-state index in [1.807, 2.05) is 19.9 Å². The molecule has 24 heavy (non-hydrogen) atoms. The number of halogens is 1. The average molecular weight is 329 g/mol. The number of piperidine rings is 1. The Bertz CT molecular complexity index is 713. The zero-order valence-electron chi connectivity index (χ0n) is 13.8. The maximum Gasteiger partial charge on any atom is 0.317 e. The maximum atomic E-state index is 13.0. The van der Waals surface area contributed by atoms with Crippen LogP contribution >= 0.6 is 0 Å². The highest BCUT2D eigenvalue weighted by atomic mass is 19.1. The molecule has 2 aromatic rings. The molecule has 1 amide bonds. The van der Waals surface area contributed by atoms with Gasteiger partial charge in [0.15, 0.2) is 0 Å². The van der Waals surface area contributed by atoms with E-state index in [4.69, 9.17) is 4.74 Å². The van der Waals surface area contributed by atoms with Crippen molar-refractivity contribution >= 4 is 5.91 Å². The number of benzene rings is 1. The lowest BCUT2D eigenvalue weighted by molar-refractivity contribution is 0.0515. The number of carbonyl (C=O) groups excluding carboxylic acids is 1. The molecule has 1 saturated heterocycles. The molecule has 1 aliphatic heterocycles. The number of nitrogens with zero attached hydrogens (tertiary/aromatic N) is 3. The van der Waals surface area contributed by atoms with Gasteiger partial charge in [0.25, 0.3) is 5.91 Å². The van der Waals surface area contributed by atoms with Crippen molar-refractivity contribution in [2.45, 2.75) is 32.8 Å². The van der Waals surface area contributed by atoms with Gasteiger partial charge in [-0.3, -0.25) is 4.79 Å². The molecular formula is C18H20FN3O2. The summed E-state index contributed by atoms with van der Waals surface area (Å²) in [5.41, 5.74) is 2.19. The smallest absolute Gasteiger partial charge is 0.317 e. The van der Waals surface area contributed by atoms with Crippen LogP contribution < -0.4 is 4.74 Å². The van der Waals surface area contributed by atoms with E-state index in [0.717, 1.165) is 24.2 Å². The van der Waals surface area contributed by atoms with Gasteiger partial charge in [-0.15, -0.1) is 0 Å². The quantitative estimate of drug-likeness (QED) is 0.869. The van der Waals surface area contributed by atoms with Crippen LogP contribution in [0.25, 0.3) is 0 Å². The second-order valence-electron chi connectivity index (χ2n) is 6.07. The minimum absolute atomic E-state index is 0.107. The van der Waals surface area contributed by atoms with Crippen LogP contribution in [0.4, 0.5) is 4.39 Å². The zero-order valence-corrected chi connectivity index (χ0v) is 13.8. The Morgan fingerprint density at radius 2 is 1.88 bits per heavy atom. The number of aryl methyl sites for hydroxylation is 2. The third-order valence-electron chi connectivity index (χ3n) is 3.99. The highest BCUT2D eigenvalue weighted by Crippen LogP contribution is 2.18. The first-order valence-electron chi connectivity index (χ1n) is 8.05. The highest BCUT2D eigenvalue weighted by Gasteiger charge is 2.26. The molecule has 0 spiro atoms. The summed E-state index contributed by atoms with van der Waals surface area (Å²) < 4.78 is 18.9. The maximum absolute atomic E-state index is 13.0. The molecular weight excluding hydrogens is 309 g/mol. The molecule has 5 nitrogen and oxygen atoms in total. The minimum Gasteiger partial charge on any atom is -0.458 e. The fraction of sp³-hybridized carbons (Fsp3) is 0.389. The average Bonchev–Trinajstić information content (AvgIpc) is 2.54. The molecule has 1 fully saturated rings. The van der Waals surface area contributed by atoms with Crippen molar-refractivity contribution in [2.75, 3.05) is 13.1 Å². The molecule has 2 heterocycles. The van der Waals surface area contributed by atoms with E-state index in [2.05, 4.69) is 9.97 Å². The second-order valence-corrected chi connectivity index (χ2v) is 6.07. The molecule has 0 bridgehead atoms. The van der Waals surface area contributed by atoms with Crippen LogP contribution in [0.2, 0.25) is 0 Å². The monoisotopic (exact) mass is 329 g/mol. The predicted molar refractivity (Wildman–Crippen MR) is 87.5 cm³/mol. The molecule has 6 heteroatoms. The van der Waals surface area contributed by atoms with E-state index in [1.54, 1.807) is 4.90 Å². The van der Waals surface area contributed by atoms with Crippen molar-refractivity contribution in [1.82, 2.24) is 14.9 Å². The summed E-state index contributed by atoms with van der Waals surface area (Å²) in [5.74, 6) is -0.456. The van der Waals surface area contributed by atoms with Gasteiger partial charge in [-0.05, 0) is 57.0 Å². The van der Waals surface area contributed by atoms with Crippen molar-refractivity contribution in [3.05, 3.63) is 53.1 Å². The highest BCUT2D eigenvalue weighted by molar-refractivity contribution is 5.94. The number of ether oxygens (including phenoxy) is 1. The van der Waals surface area contributed by atoms with Crippen LogP contribution in [0.1, 0.15) is 34.6 Å². The zero-order chi connectivity index (χ0) is 17.1. The number of hydrogen-bond acceptors (Lipinski definition) is 4. The van der Waals surface area contributed by atoms with Gasteiger partial charge in [0.05, 0.1) is 6.54 Å². The number of aromatic nitrogens is 2. The lowest BCUT2D eigenvalue weighted by Gasteiger charge is -2.32. The van der Waals surface area contributed by atoms with Crippen molar-refractivity contribution < 1.29 is 13.9 Å². The van der Waals surface area contributed by atoms with Crippen molar-refractivity contribution in [3.63, 3.8) is 0 Å². The normalized spacial score (nSPS) is 17.6. The van der Waals surface area contributed by atoms with Crippen LogP contribution in [-0.4, -0.2) is 40.0 Å². The molecule has 1 unspecified atom stereocenters. The molecule has 1 atom stereocenters. The van der Waals surface area contributed by atoms with E-state index in [-0.39, 0.29) is 17.8 Å². The number of rotatable bonds is 3. The van der Waals surface area contributed by atoms with E-state index in [1.165, 1.54) is 24.3 Å². The molecule has 1 aliphatic rings. The Balaban J connectivity index is 1.67. The fourth-order valence-electron chi connectivity index (χ4n) is 2.89. The van der Waals surface area contributed by atoms with Crippen LogP contribution in [0.15, 0.2) is 30.3 Å². The fourth-order valence-corrected chi connectivity index (χ4v) is 2.89. The minimum atomic E-state index is -0.349. The van der Waals surface area contributed by atoms with Crippen molar-refractivity contribution in [3.8, 4) is 6.01 Å². The van der Waals surface area contributed by atoms with E-state index in [0.29, 0.717) is 24.7 Å². The summed E-state index contributed by atoms with van der Waals surface area (Å²) in [6, 6.07) is 7.86. The van der Waals surface area contributed by atoms with Gasteiger partial charge < -0.3 is 9.64 Å². The first kappa shape index (κ1) is 16.4. The van der Waals surface area contributed by atoms with Gasteiger partial charge in [-0.2, -0.15) is 0 Å². The summed E-state index contributed by atoms with van der Waals surface area (Å²) in [7, 11) is 0. The van der Waals surface area contributed by atoms with Gasteiger partial charge in [0, 0.05) is 23.5 Å². The summed E-state index contributed by atoms with van der Waals surface area (Å²) in [6.07, 6.45) is 1.57. The van der Waals surface area contributed by atoms with Crippen molar-refractivity contribution in [1.29, 1.82) is 0 Å². The lowest BCUT2D eigenvalue weighted by Crippen LogP contribution is -2.44. The number of carbonyl (C=O) groups is 1. The Morgan fingerprint density at radius 1 is 1.21 bits per heavy atom. The number of amides is 1. The standard InChI is InChI=1S/C18H20FN3O2/c1-12-10-13(2)21-18(20-12)24-16-4-3-9-22(11-16)17(23)14-5-7-15(19)8-6-14/h5-8,10,16H,3-4,9,11H2,1-2H3. The Hall–Kier alpha value is -2.50. The molecule has 1 aromatic carbocycles. The third-order valence-corrected chi connectivity index (χ3v) is 3.99. The van der Waals surface area contributed by atoms with Crippen LogP contribution in [0.3, 0.4) is 0 Å². The topological polar surface area (TPSA) is 55.3 Å². The van der Waals surface area contributed by atoms with Gasteiger partial charge in [-0.1, -0.05) is 0 Å². The van der Waals surface area contributed by atoms with Crippen LogP contribution in [0.5, 0.6) is 6.01 Å². The summed E-state index contributed by atoms with van der Waals surface area (Å²) in [5, 5.41) is 0. The van der Waals surface area contributed by atoms with Gasteiger partial charge in [-0.25, -0.2) is 14.4 Å². The number of hydrogen-bond donors (Lipinski definition) is 0. The molecule has 3 rings (SSSR count). The molecule has 1 aromatic heterocycles. The first-order valence-corrected chi connectivity index (χ1v) is 8.05. The first-order chi connectivity index (χ1) is 11.5.